The molecule has 0 unspecified atom stereocenters. The first-order valence-corrected chi connectivity index (χ1v) is 12.3. The Morgan fingerprint density at radius 2 is 1.82 bits per heavy atom. The summed E-state index contributed by atoms with van der Waals surface area (Å²) in [6.45, 7) is 2.49. The van der Waals surface area contributed by atoms with Gasteiger partial charge in [-0.25, -0.2) is 4.98 Å². The largest absolute Gasteiger partial charge is 0.471 e. The van der Waals surface area contributed by atoms with E-state index in [1.807, 2.05) is 31.2 Å². The highest BCUT2D eigenvalue weighted by atomic mass is 79.9. The minimum absolute atomic E-state index is 0.205. The van der Waals surface area contributed by atoms with Gasteiger partial charge in [-0.15, -0.1) is 0 Å². The van der Waals surface area contributed by atoms with Gasteiger partial charge in [-0.3, -0.25) is 9.78 Å². The zero-order valence-corrected chi connectivity index (χ0v) is 21.4. The molecule has 3 rings (SSSR count). The average Bonchev–Trinajstić information content (AvgIpc) is 2.79. The highest BCUT2D eigenvalue weighted by Crippen LogP contribution is 2.22. The van der Waals surface area contributed by atoms with Crippen LogP contribution in [-0.4, -0.2) is 22.5 Å². The number of pyridine rings is 2. The number of aromatic nitrogens is 2. The van der Waals surface area contributed by atoms with Gasteiger partial charge in [0.25, 0.3) is 0 Å². The standard InChI is InChI=1S/C25H25BrCl2N2O3/c1-2-32-25(31)15-18-10-11-19(26)14-17(18)6-3-4-7-22-21(27)13-12-20(29-22)16-33-24-9-5-8-23(28)30-24/h5,8-14H,2-4,6-7,15-16H2,1H3. The van der Waals surface area contributed by atoms with E-state index in [2.05, 4.69) is 32.0 Å². The summed E-state index contributed by atoms with van der Waals surface area (Å²) in [4.78, 5) is 20.7. The molecule has 0 amide bonds. The number of aryl methyl sites for hydroxylation is 2. The van der Waals surface area contributed by atoms with Gasteiger partial charge >= 0.3 is 5.97 Å². The molecule has 0 saturated carbocycles. The molecule has 0 saturated heterocycles. The molecule has 174 valence electrons. The Bertz CT molecular complexity index is 1090. The Kier molecular flexibility index (Phi) is 9.97. The Morgan fingerprint density at radius 1 is 1.00 bits per heavy atom. The van der Waals surface area contributed by atoms with E-state index in [-0.39, 0.29) is 19.0 Å². The maximum Gasteiger partial charge on any atom is 0.310 e. The Balaban J connectivity index is 1.55. The topological polar surface area (TPSA) is 61.3 Å². The Hall–Kier alpha value is -2.15. The van der Waals surface area contributed by atoms with Gasteiger partial charge in [-0.1, -0.05) is 51.3 Å². The highest BCUT2D eigenvalue weighted by Gasteiger charge is 2.11. The van der Waals surface area contributed by atoms with E-state index >= 15 is 0 Å². The van der Waals surface area contributed by atoms with E-state index in [4.69, 9.17) is 32.7 Å². The summed E-state index contributed by atoms with van der Waals surface area (Å²) < 4.78 is 11.8. The number of esters is 1. The number of nitrogens with zero attached hydrogens (tertiary/aromatic N) is 2. The van der Waals surface area contributed by atoms with Gasteiger partial charge in [0, 0.05) is 10.5 Å². The fourth-order valence-electron chi connectivity index (χ4n) is 3.38. The number of hydrogen-bond donors (Lipinski definition) is 0. The third-order valence-corrected chi connectivity index (χ3v) is 6.00. The lowest BCUT2D eigenvalue weighted by Crippen LogP contribution is -2.09. The lowest BCUT2D eigenvalue weighted by molar-refractivity contribution is -0.142. The minimum atomic E-state index is -0.205. The molecule has 1 aromatic carbocycles. The summed E-state index contributed by atoms with van der Waals surface area (Å²) in [7, 11) is 0. The molecule has 2 heterocycles. The fourth-order valence-corrected chi connectivity index (χ4v) is 4.14. The Morgan fingerprint density at radius 3 is 2.61 bits per heavy atom. The van der Waals surface area contributed by atoms with Crippen molar-refractivity contribution < 1.29 is 14.3 Å². The van der Waals surface area contributed by atoms with Gasteiger partial charge < -0.3 is 9.47 Å². The maximum atomic E-state index is 11.9. The molecule has 2 aromatic heterocycles. The zero-order valence-electron chi connectivity index (χ0n) is 18.3. The second-order valence-electron chi connectivity index (χ2n) is 7.42. The molecule has 5 nitrogen and oxygen atoms in total. The van der Waals surface area contributed by atoms with Crippen molar-refractivity contribution in [1.29, 1.82) is 0 Å². The van der Waals surface area contributed by atoms with Gasteiger partial charge in [0.15, 0.2) is 0 Å². The molecule has 8 heteroatoms. The zero-order chi connectivity index (χ0) is 23.6. The van der Waals surface area contributed by atoms with Crippen LogP contribution in [0.1, 0.15) is 42.3 Å². The van der Waals surface area contributed by atoms with Gasteiger partial charge in [-0.2, -0.15) is 0 Å². The predicted octanol–water partition coefficient (Wildman–Crippen LogP) is 6.80. The first-order chi connectivity index (χ1) is 15.9. The number of rotatable bonds is 11. The second-order valence-corrected chi connectivity index (χ2v) is 9.13. The molecule has 0 aliphatic rings. The van der Waals surface area contributed by atoms with Crippen LogP contribution < -0.4 is 4.74 Å². The van der Waals surface area contributed by atoms with Gasteiger partial charge in [0.1, 0.15) is 11.8 Å². The van der Waals surface area contributed by atoms with Crippen LogP contribution in [0.2, 0.25) is 10.2 Å². The Labute approximate surface area is 212 Å². The quantitative estimate of drug-likeness (QED) is 0.149. The molecule has 0 atom stereocenters. The minimum Gasteiger partial charge on any atom is -0.471 e. The molecule has 3 aromatic rings. The first-order valence-electron chi connectivity index (χ1n) is 10.8. The van der Waals surface area contributed by atoms with Crippen molar-refractivity contribution in [3.05, 3.63) is 85.7 Å². The summed E-state index contributed by atoms with van der Waals surface area (Å²) >= 11 is 15.8. The number of halogens is 3. The van der Waals surface area contributed by atoms with Crippen LogP contribution in [0.3, 0.4) is 0 Å². The van der Waals surface area contributed by atoms with Crippen LogP contribution in [0.15, 0.2) is 53.0 Å². The number of unbranched alkanes of at least 4 members (excludes halogenated alkanes) is 1. The molecule has 0 spiro atoms. The molecule has 33 heavy (non-hydrogen) atoms. The summed E-state index contributed by atoms with van der Waals surface area (Å²) in [5, 5.41) is 1.03. The predicted molar refractivity (Wildman–Crippen MR) is 134 cm³/mol. The number of carbonyl (C=O) groups excluding carboxylic acids is 1. The van der Waals surface area contributed by atoms with Crippen molar-refractivity contribution in [2.24, 2.45) is 0 Å². The lowest BCUT2D eigenvalue weighted by atomic mass is 9.99. The first kappa shape index (κ1) is 25.5. The average molecular weight is 552 g/mol. The molecular formula is C25H25BrCl2N2O3. The van der Waals surface area contributed by atoms with Crippen molar-refractivity contribution in [1.82, 2.24) is 9.97 Å². The monoisotopic (exact) mass is 550 g/mol. The van der Waals surface area contributed by atoms with Crippen molar-refractivity contribution >= 4 is 45.1 Å². The molecule has 0 N–H and O–H groups in total. The fraction of sp³-hybridized carbons (Fsp3) is 0.320. The molecule has 0 aliphatic carbocycles. The second kappa shape index (κ2) is 12.9. The van der Waals surface area contributed by atoms with E-state index in [1.165, 1.54) is 0 Å². The maximum absolute atomic E-state index is 11.9. The van der Waals surface area contributed by atoms with E-state index in [1.54, 1.807) is 18.2 Å². The van der Waals surface area contributed by atoms with Crippen LogP contribution in [0, 0.1) is 0 Å². The van der Waals surface area contributed by atoms with Crippen molar-refractivity contribution in [2.45, 2.75) is 45.6 Å². The highest BCUT2D eigenvalue weighted by molar-refractivity contribution is 9.10. The van der Waals surface area contributed by atoms with Crippen molar-refractivity contribution in [3.63, 3.8) is 0 Å². The summed E-state index contributed by atoms with van der Waals surface area (Å²) in [6.07, 6.45) is 3.75. The van der Waals surface area contributed by atoms with Gasteiger partial charge in [0.2, 0.25) is 5.88 Å². The smallest absolute Gasteiger partial charge is 0.310 e. The molecule has 0 bridgehead atoms. The molecule has 0 fully saturated rings. The number of ether oxygens (including phenoxy) is 2. The van der Waals surface area contributed by atoms with Gasteiger partial charge in [-0.05, 0) is 74.1 Å². The summed E-state index contributed by atoms with van der Waals surface area (Å²) in [5.74, 6) is 0.248. The number of benzene rings is 1. The third kappa shape index (κ3) is 8.29. The molecule has 0 radical (unpaired) electrons. The lowest BCUT2D eigenvalue weighted by Gasteiger charge is -2.11. The summed E-state index contributed by atoms with van der Waals surface area (Å²) in [5.41, 5.74) is 3.77. The van der Waals surface area contributed by atoms with E-state index in [0.29, 0.717) is 22.7 Å². The van der Waals surface area contributed by atoms with Crippen LogP contribution in [0.4, 0.5) is 0 Å². The van der Waals surface area contributed by atoms with Crippen LogP contribution in [0.25, 0.3) is 0 Å². The third-order valence-electron chi connectivity index (χ3n) is 4.95. The van der Waals surface area contributed by atoms with E-state index < -0.39 is 0 Å². The normalized spacial score (nSPS) is 10.8. The van der Waals surface area contributed by atoms with E-state index in [0.717, 1.165) is 52.7 Å². The molecule has 0 aliphatic heterocycles. The van der Waals surface area contributed by atoms with Crippen molar-refractivity contribution in [3.8, 4) is 5.88 Å². The van der Waals surface area contributed by atoms with Crippen LogP contribution in [-0.2, 0) is 35.4 Å². The molecular weight excluding hydrogens is 527 g/mol. The van der Waals surface area contributed by atoms with Crippen LogP contribution >= 0.6 is 39.1 Å². The van der Waals surface area contributed by atoms with E-state index in [9.17, 15) is 4.79 Å². The SMILES string of the molecule is CCOC(=O)Cc1ccc(Br)cc1CCCCc1nc(COc2cccc(Cl)n2)ccc1Cl. The summed E-state index contributed by atoms with van der Waals surface area (Å²) in [6, 6.07) is 14.9. The van der Waals surface area contributed by atoms with Crippen LogP contribution in [0.5, 0.6) is 5.88 Å². The van der Waals surface area contributed by atoms with Gasteiger partial charge in [0.05, 0.1) is 29.4 Å². The number of carbonyl (C=O) groups is 1. The van der Waals surface area contributed by atoms with Crippen molar-refractivity contribution in [2.75, 3.05) is 6.61 Å². The number of hydrogen-bond acceptors (Lipinski definition) is 5.